The SMILES string of the molecule is CCCn1cccc1CNCc1ccccc1[N+](=O)[O-]. The molecular weight excluding hydrogens is 254 g/mol. The first-order valence-electron chi connectivity index (χ1n) is 6.79. The van der Waals surface area contributed by atoms with E-state index < -0.39 is 0 Å². The van der Waals surface area contributed by atoms with Crippen molar-refractivity contribution in [1.29, 1.82) is 0 Å². The molecule has 1 heterocycles. The average molecular weight is 273 g/mol. The summed E-state index contributed by atoms with van der Waals surface area (Å²) < 4.78 is 2.20. The molecule has 20 heavy (non-hydrogen) atoms. The minimum atomic E-state index is -0.337. The lowest BCUT2D eigenvalue weighted by Gasteiger charge is -2.09. The number of hydrogen-bond donors (Lipinski definition) is 1. The molecule has 0 saturated carbocycles. The number of nitrogens with one attached hydrogen (secondary N) is 1. The highest BCUT2D eigenvalue weighted by Gasteiger charge is 2.11. The van der Waals surface area contributed by atoms with Crippen molar-refractivity contribution in [2.24, 2.45) is 0 Å². The van der Waals surface area contributed by atoms with Crippen LogP contribution in [0.3, 0.4) is 0 Å². The maximum Gasteiger partial charge on any atom is 0.273 e. The number of aromatic nitrogens is 1. The molecular formula is C15H19N3O2. The Labute approximate surface area is 118 Å². The first-order chi connectivity index (χ1) is 9.72. The molecule has 0 amide bonds. The lowest BCUT2D eigenvalue weighted by Crippen LogP contribution is -2.16. The predicted molar refractivity (Wildman–Crippen MR) is 78.4 cm³/mol. The summed E-state index contributed by atoms with van der Waals surface area (Å²) in [4.78, 5) is 10.6. The molecule has 0 aliphatic heterocycles. The Balaban J connectivity index is 1.96. The van der Waals surface area contributed by atoms with Crippen molar-refractivity contribution >= 4 is 5.69 Å². The Morgan fingerprint density at radius 1 is 1.20 bits per heavy atom. The highest BCUT2D eigenvalue weighted by atomic mass is 16.6. The van der Waals surface area contributed by atoms with Crippen molar-refractivity contribution in [2.75, 3.05) is 0 Å². The van der Waals surface area contributed by atoms with Gasteiger partial charge < -0.3 is 9.88 Å². The lowest BCUT2D eigenvalue weighted by molar-refractivity contribution is -0.385. The minimum Gasteiger partial charge on any atom is -0.350 e. The average Bonchev–Trinajstić information content (AvgIpc) is 2.87. The number of benzene rings is 1. The van der Waals surface area contributed by atoms with Crippen LogP contribution in [0.15, 0.2) is 42.6 Å². The molecule has 0 atom stereocenters. The second kappa shape index (κ2) is 6.86. The lowest BCUT2D eigenvalue weighted by atomic mass is 10.2. The van der Waals surface area contributed by atoms with Gasteiger partial charge in [0.05, 0.1) is 4.92 Å². The van der Waals surface area contributed by atoms with Crippen LogP contribution in [0.2, 0.25) is 0 Å². The summed E-state index contributed by atoms with van der Waals surface area (Å²) in [6.07, 6.45) is 3.15. The van der Waals surface area contributed by atoms with Crippen LogP contribution in [-0.4, -0.2) is 9.49 Å². The fourth-order valence-corrected chi connectivity index (χ4v) is 2.23. The van der Waals surface area contributed by atoms with Crippen molar-refractivity contribution in [3.8, 4) is 0 Å². The summed E-state index contributed by atoms with van der Waals surface area (Å²) in [5.41, 5.74) is 2.08. The maximum atomic E-state index is 10.9. The van der Waals surface area contributed by atoms with Crippen LogP contribution >= 0.6 is 0 Å². The number of nitrogens with zero attached hydrogens (tertiary/aromatic N) is 2. The van der Waals surface area contributed by atoms with E-state index >= 15 is 0 Å². The van der Waals surface area contributed by atoms with Gasteiger partial charge in [-0.05, 0) is 18.6 Å². The van der Waals surface area contributed by atoms with Crippen LogP contribution in [0.5, 0.6) is 0 Å². The third-order valence-electron chi connectivity index (χ3n) is 3.20. The van der Waals surface area contributed by atoms with Gasteiger partial charge in [-0.1, -0.05) is 25.1 Å². The zero-order chi connectivity index (χ0) is 14.4. The first kappa shape index (κ1) is 14.3. The largest absolute Gasteiger partial charge is 0.350 e. The Bertz CT molecular complexity index is 578. The van der Waals surface area contributed by atoms with Crippen LogP contribution in [0.4, 0.5) is 5.69 Å². The highest BCUT2D eigenvalue weighted by Crippen LogP contribution is 2.17. The second-order valence-corrected chi connectivity index (χ2v) is 4.68. The van der Waals surface area contributed by atoms with E-state index in [2.05, 4.69) is 29.1 Å². The summed E-state index contributed by atoms with van der Waals surface area (Å²) in [7, 11) is 0. The van der Waals surface area contributed by atoms with Gasteiger partial charge in [0.1, 0.15) is 0 Å². The van der Waals surface area contributed by atoms with Crippen LogP contribution < -0.4 is 5.32 Å². The molecule has 0 spiro atoms. The Morgan fingerprint density at radius 3 is 2.75 bits per heavy atom. The van der Waals surface area contributed by atoms with Gasteiger partial charge in [-0.15, -0.1) is 0 Å². The molecule has 0 fully saturated rings. The van der Waals surface area contributed by atoms with E-state index in [0.29, 0.717) is 18.7 Å². The van der Waals surface area contributed by atoms with Gasteiger partial charge in [-0.2, -0.15) is 0 Å². The zero-order valence-electron chi connectivity index (χ0n) is 11.6. The topological polar surface area (TPSA) is 60.1 Å². The molecule has 0 bridgehead atoms. The quantitative estimate of drug-likeness (QED) is 0.623. The van der Waals surface area contributed by atoms with Gasteiger partial charge >= 0.3 is 0 Å². The van der Waals surface area contributed by atoms with E-state index in [1.807, 2.05) is 12.1 Å². The molecule has 1 aromatic carbocycles. The van der Waals surface area contributed by atoms with Gasteiger partial charge in [0.15, 0.2) is 0 Å². The Morgan fingerprint density at radius 2 is 2.00 bits per heavy atom. The molecule has 5 heteroatoms. The third-order valence-corrected chi connectivity index (χ3v) is 3.20. The number of para-hydroxylation sites is 1. The molecule has 0 aliphatic carbocycles. The molecule has 106 valence electrons. The molecule has 1 N–H and O–H groups in total. The number of nitro groups is 1. The van der Waals surface area contributed by atoms with Crippen molar-refractivity contribution in [3.05, 3.63) is 64.0 Å². The molecule has 0 aliphatic rings. The van der Waals surface area contributed by atoms with Crippen LogP contribution in [0.25, 0.3) is 0 Å². The Kier molecular flexibility index (Phi) is 4.90. The van der Waals surface area contributed by atoms with Crippen molar-refractivity contribution in [3.63, 3.8) is 0 Å². The van der Waals surface area contributed by atoms with E-state index in [4.69, 9.17) is 0 Å². The van der Waals surface area contributed by atoms with Crippen molar-refractivity contribution in [2.45, 2.75) is 33.0 Å². The first-order valence-corrected chi connectivity index (χ1v) is 6.79. The van der Waals surface area contributed by atoms with E-state index in [9.17, 15) is 10.1 Å². The molecule has 5 nitrogen and oxygen atoms in total. The number of rotatable bonds is 7. The van der Waals surface area contributed by atoms with Crippen LogP contribution in [0, 0.1) is 10.1 Å². The zero-order valence-corrected chi connectivity index (χ0v) is 11.6. The summed E-state index contributed by atoms with van der Waals surface area (Å²) in [6.45, 7) is 4.34. The second-order valence-electron chi connectivity index (χ2n) is 4.68. The molecule has 0 radical (unpaired) electrons. The van der Waals surface area contributed by atoms with Gasteiger partial charge in [-0.3, -0.25) is 10.1 Å². The summed E-state index contributed by atoms with van der Waals surface area (Å²) in [6, 6.07) is 10.9. The summed E-state index contributed by atoms with van der Waals surface area (Å²) >= 11 is 0. The van der Waals surface area contributed by atoms with Crippen molar-refractivity contribution in [1.82, 2.24) is 9.88 Å². The summed E-state index contributed by atoms with van der Waals surface area (Å²) in [5.74, 6) is 0. The maximum absolute atomic E-state index is 10.9. The Hall–Kier alpha value is -2.14. The molecule has 1 aromatic heterocycles. The molecule has 2 rings (SSSR count). The van der Waals surface area contributed by atoms with Crippen molar-refractivity contribution < 1.29 is 4.92 Å². The number of aryl methyl sites for hydroxylation is 1. The fourth-order valence-electron chi connectivity index (χ4n) is 2.23. The number of nitro benzene ring substituents is 1. The number of hydrogen-bond acceptors (Lipinski definition) is 3. The normalized spacial score (nSPS) is 10.7. The molecule has 2 aromatic rings. The van der Waals surface area contributed by atoms with Gasteiger partial charge in [-0.25, -0.2) is 0 Å². The van der Waals surface area contributed by atoms with Crippen LogP contribution in [0.1, 0.15) is 24.6 Å². The molecule has 0 unspecified atom stereocenters. The smallest absolute Gasteiger partial charge is 0.273 e. The predicted octanol–water partition coefficient (Wildman–Crippen LogP) is 3.10. The van der Waals surface area contributed by atoms with E-state index in [1.54, 1.807) is 12.1 Å². The molecule has 0 saturated heterocycles. The third kappa shape index (κ3) is 3.45. The van der Waals surface area contributed by atoms with E-state index in [1.165, 1.54) is 11.8 Å². The minimum absolute atomic E-state index is 0.170. The summed E-state index contributed by atoms with van der Waals surface area (Å²) in [5, 5.41) is 14.2. The van der Waals surface area contributed by atoms with Gasteiger partial charge in [0, 0.05) is 43.2 Å². The van der Waals surface area contributed by atoms with Crippen LogP contribution in [-0.2, 0) is 19.6 Å². The fraction of sp³-hybridized carbons (Fsp3) is 0.333. The monoisotopic (exact) mass is 273 g/mol. The van der Waals surface area contributed by atoms with E-state index in [0.717, 1.165) is 13.0 Å². The standard InChI is InChI=1S/C15H19N3O2/c1-2-9-17-10-5-7-14(17)12-16-11-13-6-3-4-8-15(13)18(19)20/h3-8,10,16H,2,9,11-12H2,1H3. The van der Waals surface area contributed by atoms with E-state index in [-0.39, 0.29) is 10.6 Å². The van der Waals surface area contributed by atoms with Gasteiger partial charge in [0.2, 0.25) is 0 Å². The highest BCUT2D eigenvalue weighted by molar-refractivity contribution is 5.39. The van der Waals surface area contributed by atoms with Gasteiger partial charge in [0.25, 0.3) is 5.69 Å².